The summed E-state index contributed by atoms with van der Waals surface area (Å²) in [5.74, 6) is 4.17. The molecule has 0 unspecified atom stereocenters. The number of carbonyl (C=O) groups excluding carboxylic acids is 1. The third-order valence-corrected chi connectivity index (χ3v) is 12.5. The van der Waals surface area contributed by atoms with Gasteiger partial charge in [-0.3, -0.25) is 10.5 Å². The monoisotopic (exact) mass is 1530 g/mol. The molecular formula is C69H79BrCl6N10O8S2. The van der Waals surface area contributed by atoms with Crippen molar-refractivity contribution in [3.63, 3.8) is 0 Å². The largest absolute Gasteiger partial charge is 0.508 e. The lowest BCUT2D eigenvalue weighted by Gasteiger charge is -2.11. The molecule has 0 aliphatic rings. The van der Waals surface area contributed by atoms with Crippen LogP contribution in [0.25, 0.3) is 29.0 Å². The molecule has 514 valence electrons. The van der Waals surface area contributed by atoms with E-state index in [2.05, 4.69) is 55.0 Å². The molecule has 18 nitrogen and oxygen atoms in total. The van der Waals surface area contributed by atoms with Gasteiger partial charge in [0, 0.05) is 69.5 Å². The summed E-state index contributed by atoms with van der Waals surface area (Å²) in [4.78, 5) is 20.7. The molecule has 2 heterocycles. The minimum atomic E-state index is -0.433. The molecule has 0 atom stereocenters. The van der Waals surface area contributed by atoms with Crippen LogP contribution in [0.4, 0.5) is 0 Å². The first kappa shape index (κ1) is 84.8. The van der Waals surface area contributed by atoms with Gasteiger partial charge in [0.2, 0.25) is 0 Å². The summed E-state index contributed by atoms with van der Waals surface area (Å²) in [6.45, 7) is 27.2. The molecule has 0 saturated carbocycles. The van der Waals surface area contributed by atoms with E-state index in [1.165, 1.54) is 59.6 Å². The van der Waals surface area contributed by atoms with Crippen molar-refractivity contribution in [2.24, 2.45) is 5.73 Å². The number of benzene rings is 6. The fourth-order valence-electron chi connectivity index (χ4n) is 7.11. The van der Waals surface area contributed by atoms with Gasteiger partial charge in [-0.2, -0.15) is 15.6 Å². The zero-order valence-corrected chi connectivity index (χ0v) is 63.5. The number of aromatic nitrogens is 6. The number of phenols is 1. The number of thioether (sulfide) groups is 1. The van der Waals surface area contributed by atoms with Gasteiger partial charge in [0.1, 0.15) is 52.1 Å². The number of thiocarbonyl (C=S) groups is 1. The average Bonchev–Trinajstić information content (AvgIpc) is 1.62. The number of rotatable bonds is 17. The molecule has 8 rings (SSSR count). The van der Waals surface area contributed by atoms with E-state index >= 15 is 0 Å². The van der Waals surface area contributed by atoms with Gasteiger partial charge in [-0.1, -0.05) is 112 Å². The normalized spacial score (nSPS) is 10.4. The lowest BCUT2D eigenvalue weighted by molar-refractivity contribution is -0.141. The highest BCUT2D eigenvalue weighted by Gasteiger charge is 2.12. The Bertz CT molecular complexity index is 3840. The Morgan fingerprint density at radius 2 is 0.990 bits per heavy atom. The zero-order chi connectivity index (χ0) is 72.4. The van der Waals surface area contributed by atoms with Crippen molar-refractivity contribution >= 4 is 132 Å². The predicted octanol–water partition coefficient (Wildman–Crippen LogP) is 20.0. The van der Waals surface area contributed by atoms with Crippen LogP contribution in [0.3, 0.4) is 0 Å². The maximum atomic E-state index is 11.5. The van der Waals surface area contributed by atoms with E-state index in [4.69, 9.17) is 137 Å². The Kier molecular flexibility index (Phi) is 39.3. The number of nitriles is 2. The smallest absolute Gasteiger partial charge is 0.332 e. The van der Waals surface area contributed by atoms with E-state index in [9.17, 15) is 4.79 Å². The number of halogens is 7. The number of nitrogens with zero attached hydrogens (tertiary/aromatic N) is 7. The third-order valence-electron chi connectivity index (χ3n) is 10.3. The van der Waals surface area contributed by atoms with E-state index in [-0.39, 0.29) is 42.4 Å². The van der Waals surface area contributed by atoms with Gasteiger partial charge in [-0.25, -0.2) is 19.4 Å². The van der Waals surface area contributed by atoms with Gasteiger partial charge >= 0.3 is 5.97 Å². The van der Waals surface area contributed by atoms with Crippen LogP contribution in [0.5, 0.6) is 34.5 Å². The molecule has 0 spiro atoms. The van der Waals surface area contributed by atoms with Crippen molar-refractivity contribution < 1.29 is 38.3 Å². The number of ether oxygens (including phenoxy) is 6. The summed E-state index contributed by atoms with van der Waals surface area (Å²) in [5, 5.41) is 48.2. The molecular weight excluding hydrogens is 1450 g/mol. The highest BCUT2D eigenvalue weighted by atomic mass is 79.9. The topological polar surface area (TPSA) is 262 Å². The molecule has 0 aliphatic carbocycles. The Morgan fingerprint density at radius 3 is 1.41 bits per heavy atom. The number of carbonyl (C=O) groups is 1. The van der Waals surface area contributed by atoms with Crippen molar-refractivity contribution in [3.05, 3.63) is 180 Å². The van der Waals surface area contributed by atoms with E-state index in [1.807, 2.05) is 112 Å². The lowest BCUT2D eigenvalue weighted by Crippen LogP contribution is -2.11. The number of hydrogen-bond donors (Lipinski definition) is 4. The van der Waals surface area contributed by atoms with Crippen molar-refractivity contribution in [1.82, 2.24) is 29.9 Å². The number of aromatic amines is 1. The van der Waals surface area contributed by atoms with Crippen molar-refractivity contribution in [3.8, 4) is 69.4 Å². The van der Waals surface area contributed by atoms with E-state index in [0.29, 0.717) is 90.8 Å². The number of aromatic hydroxyl groups is 1. The van der Waals surface area contributed by atoms with Crippen LogP contribution in [0.1, 0.15) is 119 Å². The van der Waals surface area contributed by atoms with E-state index < -0.39 is 5.97 Å². The maximum absolute atomic E-state index is 11.5. The molecule has 27 heteroatoms. The van der Waals surface area contributed by atoms with Crippen LogP contribution in [0.2, 0.25) is 30.1 Å². The SMILES string of the molecule is CC(C)Br.CC(C)OC(=O)/C=C\n1cnc(-c2cc(Cl)cc(OC(C)C)c2)n1.CC(C)Oc1cc(Cl)cc(-c2ncn[nH]2)c1.CC(C)Oc1cc(Cl)cc(C#N)c1.CC(C)Oc1cc(Cl)cc(C(N)=S)c1.CSC(=N)c1cc(Cl)cc(OC(C)C)c1.N#Cc1cc(O)cc(Cl)c1. The minimum absolute atomic E-state index is 0.0176. The second kappa shape index (κ2) is 44.5. The highest BCUT2D eigenvalue weighted by molar-refractivity contribution is 9.09. The first-order valence-corrected chi connectivity index (χ1v) is 34.3. The summed E-state index contributed by atoms with van der Waals surface area (Å²) < 4.78 is 34.1. The molecule has 0 radical (unpaired) electrons. The zero-order valence-electron chi connectivity index (χ0n) is 55.7. The predicted molar refractivity (Wildman–Crippen MR) is 400 cm³/mol. The number of phenolic OH excluding ortho intramolecular Hbond substituents is 1. The molecule has 0 aliphatic heterocycles. The third kappa shape index (κ3) is 36.7. The molecule has 0 saturated heterocycles. The summed E-state index contributed by atoms with van der Waals surface area (Å²) >= 11 is 44.8. The summed E-state index contributed by atoms with van der Waals surface area (Å²) in [6.07, 6.45) is 7.89. The second-order valence-electron chi connectivity index (χ2n) is 21.7. The molecule has 5 N–H and O–H groups in total. The van der Waals surface area contributed by atoms with E-state index in [1.54, 1.807) is 80.6 Å². The lowest BCUT2D eigenvalue weighted by atomic mass is 10.2. The van der Waals surface area contributed by atoms with Gasteiger partial charge in [-0.05, 0) is 199 Å². The number of hydrogen-bond acceptors (Lipinski definition) is 17. The average molecular weight is 1530 g/mol. The Morgan fingerprint density at radius 1 is 0.594 bits per heavy atom. The summed E-state index contributed by atoms with van der Waals surface area (Å²) in [7, 11) is 0. The Balaban J connectivity index is 0.000000395. The molecule has 0 bridgehead atoms. The fourth-order valence-corrected chi connectivity index (χ4v) is 8.93. The molecule has 0 amide bonds. The number of esters is 1. The van der Waals surface area contributed by atoms with Gasteiger partial charge in [-0.15, -0.1) is 16.9 Å². The van der Waals surface area contributed by atoms with E-state index in [0.717, 1.165) is 28.0 Å². The van der Waals surface area contributed by atoms with Crippen molar-refractivity contribution in [2.45, 2.75) is 138 Å². The molecule has 96 heavy (non-hydrogen) atoms. The molecule has 6 aromatic carbocycles. The van der Waals surface area contributed by atoms with Crippen molar-refractivity contribution in [2.75, 3.05) is 6.26 Å². The van der Waals surface area contributed by atoms with Crippen LogP contribution in [0.15, 0.2) is 128 Å². The quantitative estimate of drug-likeness (QED) is 0.0165. The van der Waals surface area contributed by atoms with Crippen LogP contribution in [-0.4, -0.2) is 98.8 Å². The number of alkyl halides is 1. The van der Waals surface area contributed by atoms with Crippen LogP contribution >= 0.6 is 110 Å². The Labute approximate surface area is 611 Å². The van der Waals surface area contributed by atoms with Crippen LogP contribution in [-0.2, 0) is 9.53 Å². The fraction of sp³-hybridized carbons (Fsp3) is 0.319. The second-order valence-corrected chi connectivity index (χ2v) is 27.4. The maximum Gasteiger partial charge on any atom is 0.332 e. The Hall–Kier alpha value is -7.28. The van der Waals surface area contributed by atoms with Crippen LogP contribution in [0, 0.1) is 28.1 Å². The first-order chi connectivity index (χ1) is 45.1. The van der Waals surface area contributed by atoms with Gasteiger partial charge in [0.15, 0.2) is 11.6 Å². The highest BCUT2D eigenvalue weighted by Crippen LogP contribution is 2.30. The number of H-pyrrole nitrogens is 1. The molecule has 0 fully saturated rings. The molecule has 2 aromatic heterocycles. The standard InChI is InChI=1S/C17H20ClN3O3.C11H12ClN3O.C11H14ClNOS.C10H12ClNOS.C10H10ClNO.C7H4ClNO.C3H7Br/c1-11(2)23-15-8-13(7-14(18)9-15)17-19-10-21(20-17)6-5-16(22)24-12(3)4;1-7(2)16-10-4-8(3-9(12)5-10)11-13-6-14-15-11;1-7(2)14-10-5-8(11(13)15-3)4-9(12)6-10;1-6(2)13-9-4-7(10(12)14)3-8(11)5-9;1-7(2)13-10-4-8(6-12)3-9(11)5-10;8-6-1-5(4-9)2-7(10)3-6;1-3(2)4/h5-12H,1-4H3;3-7H,1-2H3,(H,13,14,15);4-7,13H,1-3H3;3-6H,1-2H3,(H2,12,14);3-5,7H,1-2H3;1-3,10H;3H,1-2H3/b6-5-;;;;;;. The number of nitrogens with two attached hydrogens (primary N) is 1. The number of nitrogens with one attached hydrogen (secondary N) is 2. The van der Waals surface area contributed by atoms with Crippen molar-refractivity contribution in [1.29, 1.82) is 15.9 Å². The van der Waals surface area contributed by atoms with Crippen LogP contribution < -0.4 is 29.4 Å². The minimum Gasteiger partial charge on any atom is -0.508 e. The first-order valence-electron chi connectivity index (χ1n) is 29.5. The summed E-state index contributed by atoms with van der Waals surface area (Å²) in [6, 6.07) is 34.5. The summed E-state index contributed by atoms with van der Waals surface area (Å²) in [5.41, 5.74) is 9.50. The van der Waals surface area contributed by atoms with Gasteiger partial charge in [0.25, 0.3) is 0 Å². The van der Waals surface area contributed by atoms with Gasteiger partial charge in [0.05, 0.1) is 64.9 Å². The molecule has 8 aromatic rings. The van der Waals surface area contributed by atoms with Gasteiger partial charge < -0.3 is 39.3 Å².